The summed E-state index contributed by atoms with van der Waals surface area (Å²) in [5.41, 5.74) is 4.27. The number of nitrogens with zero attached hydrogens (tertiary/aromatic N) is 4. The normalized spacial score (nSPS) is 20.1. The zero-order valence-corrected chi connectivity index (χ0v) is 22.2. The maximum absolute atomic E-state index is 13.1. The smallest absolute Gasteiger partial charge is 0.274 e. The van der Waals surface area contributed by atoms with Crippen molar-refractivity contribution in [3.8, 4) is 0 Å². The second-order valence-electron chi connectivity index (χ2n) is 10.4. The first-order chi connectivity index (χ1) is 17.1. The van der Waals surface area contributed by atoms with Gasteiger partial charge in [-0.25, -0.2) is 0 Å². The van der Waals surface area contributed by atoms with Crippen LogP contribution >= 0.6 is 0 Å². The highest BCUT2D eigenvalue weighted by Crippen LogP contribution is 2.48. The minimum Gasteiger partial charge on any atom is -0.366 e. The number of hydrogen-bond donors (Lipinski definition) is 1. The molecule has 2 aromatic rings. The van der Waals surface area contributed by atoms with Crippen LogP contribution in [0.25, 0.3) is 0 Å². The summed E-state index contributed by atoms with van der Waals surface area (Å²) in [7, 11) is -4.46. The molecule has 36 heavy (non-hydrogen) atoms. The first-order valence-corrected chi connectivity index (χ1v) is 14.2. The van der Waals surface area contributed by atoms with Crippen LogP contribution in [-0.2, 0) is 21.5 Å². The number of fused-ring (bicyclic) bond motifs is 5. The standard InChI is InChI=1S/C27H36N4O4S/c1-18(2)13-14-25(36(33,34)35)24(32)15-16-30-17-20-9-5-6-10-21(20)27-26(28-29-31(27)19(3)4)22-11-7-8-12-23(22)30/h5-12,18-19,25-27H,13-17H2,1-4H3,(H,33,34,35). The largest absolute Gasteiger partial charge is 0.366 e. The van der Waals surface area contributed by atoms with Crippen molar-refractivity contribution in [2.24, 2.45) is 16.3 Å². The summed E-state index contributed by atoms with van der Waals surface area (Å²) in [6, 6.07) is 16.2. The van der Waals surface area contributed by atoms with Crippen LogP contribution in [0.5, 0.6) is 0 Å². The molecule has 9 heteroatoms. The SMILES string of the molecule is CC(C)CCC(C(=O)CCN1Cc2ccccc2C2C(N=NN2C(C)C)c2ccccc21)S(=O)(=O)O. The summed E-state index contributed by atoms with van der Waals surface area (Å²) in [4.78, 5) is 15.2. The van der Waals surface area contributed by atoms with Crippen LogP contribution in [0.15, 0.2) is 58.9 Å². The van der Waals surface area contributed by atoms with Crippen molar-refractivity contribution in [3.05, 3.63) is 65.2 Å². The van der Waals surface area contributed by atoms with E-state index in [1.54, 1.807) is 0 Å². The Labute approximate surface area is 214 Å². The molecule has 8 nitrogen and oxygen atoms in total. The van der Waals surface area contributed by atoms with Gasteiger partial charge in [0.2, 0.25) is 0 Å². The zero-order chi connectivity index (χ0) is 26.0. The van der Waals surface area contributed by atoms with Gasteiger partial charge in [0.25, 0.3) is 10.1 Å². The Morgan fingerprint density at radius 2 is 1.69 bits per heavy atom. The number of Topliss-reactive ketones (excluding diaryl/α,β-unsaturated/α-hetero) is 1. The third kappa shape index (κ3) is 5.47. The van der Waals surface area contributed by atoms with E-state index in [0.29, 0.717) is 19.5 Å². The number of rotatable bonds is 9. The number of para-hydroxylation sites is 1. The fraction of sp³-hybridized carbons (Fsp3) is 0.519. The van der Waals surface area contributed by atoms with E-state index < -0.39 is 21.2 Å². The van der Waals surface area contributed by atoms with Crippen LogP contribution in [0.4, 0.5) is 5.69 Å². The highest BCUT2D eigenvalue weighted by molar-refractivity contribution is 7.87. The van der Waals surface area contributed by atoms with E-state index in [9.17, 15) is 17.8 Å². The Hall–Kier alpha value is -2.78. The van der Waals surface area contributed by atoms with Crippen LogP contribution in [-0.4, -0.2) is 41.6 Å². The molecule has 2 aliphatic rings. The van der Waals surface area contributed by atoms with E-state index >= 15 is 0 Å². The van der Waals surface area contributed by atoms with E-state index in [1.807, 2.05) is 44.2 Å². The lowest BCUT2D eigenvalue weighted by molar-refractivity contribution is -0.118. The van der Waals surface area contributed by atoms with E-state index in [-0.39, 0.29) is 36.9 Å². The topological polar surface area (TPSA) is 103 Å². The Morgan fingerprint density at radius 3 is 2.36 bits per heavy atom. The van der Waals surface area contributed by atoms with Crippen molar-refractivity contribution >= 4 is 21.6 Å². The first kappa shape index (κ1) is 26.3. The molecule has 0 fully saturated rings. The molecular formula is C27H36N4O4S. The maximum Gasteiger partial charge on any atom is 0.274 e. The highest BCUT2D eigenvalue weighted by atomic mass is 32.2. The number of hydrogen-bond acceptors (Lipinski definition) is 7. The van der Waals surface area contributed by atoms with Gasteiger partial charge < -0.3 is 4.90 Å². The molecule has 4 rings (SSSR count). The molecule has 0 spiro atoms. The van der Waals surface area contributed by atoms with E-state index in [0.717, 1.165) is 22.4 Å². The molecule has 3 unspecified atom stereocenters. The average molecular weight is 513 g/mol. The van der Waals surface area contributed by atoms with Gasteiger partial charge in [-0.2, -0.15) is 13.5 Å². The number of ketones is 1. The Balaban J connectivity index is 1.66. The predicted molar refractivity (Wildman–Crippen MR) is 140 cm³/mol. The summed E-state index contributed by atoms with van der Waals surface area (Å²) in [5.74, 6) is -0.214. The van der Waals surface area contributed by atoms with Gasteiger partial charge in [0.15, 0.2) is 5.78 Å². The van der Waals surface area contributed by atoms with Crippen molar-refractivity contribution in [2.75, 3.05) is 11.4 Å². The van der Waals surface area contributed by atoms with E-state index in [4.69, 9.17) is 0 Å². The highest BCUT2D eigenvalue weighted by Gasteiger charge is 2.40. The molecule has 2 aliphatic heterocycles. The lowest BCUT2D eigenvalue weighted by atomic mass is 9.87. The van der Waals surface area contributed by atoms with Gasteiger partial charge in [-0.15, -0.1) is 0 Å². The molecule has 0 amide bonds. The van der Waals surface area contributed by atoms with Gasteiger partial charge in [-0.1, -0.05) is 61.5 Å². The molecule has 2 aromatic carbocycles. The van der Waals surface area contributed by atoms with Crippen molar-refractivity contribution in [2.45, 2.75) is 76.9 Å². The van der Waals surface area contributed by atoms with Crippen molar-refractivity contribution in [3.63, 3.8) is 0 Å². The van der Waals surface area contributed by atoms with Crippen molar-refractivity contribution < 1.29 is 17.8 Å². The van der Waals surface area contributed by atoms with Crippen LogP contribution in [0, 0.1) is 5.92 Å². The molecular weight excluding hydrogens is 476 g/mol. The van der Waals surface area contributed by atoms with E-state index in [2.05, 4.69) is 52.3 Å². The number of benzene rings is 2. The minimum absolute atomic E-state index is 0.0206. The molecule has 0 saturated carbocycles. The molecule has 3 atom stereocenters. The van der Waals surface area contributed by atoms with Crippen LogP contribution in [0.1, 0.15) is 75.7 Å². The fourth-order valence-corrected chi connectivity index (χ4v) is 6.08. The molecule has 0 bridgehead atoms. The molecule has 0 aliphatic carbocycles. The van der Waals surface area contributed by atoms with Crippen molar-refractivity contribution in [1.29, 1.82) is 0 Å². The maximum atomic E-state index is 13.1. The van der Waals surface area contributed by atoms with Gasteiger partial charge in [0.1, 0.15) is 17.3 Å². The number of carbonyl (C=O) groups excluding carboxylic acids is 1. The Bertz CT molecular complexity index is 1230. The average Bonchev–Trinajstić information content (AvgIpc) is 3.25. The third-order valence-electron chi connectivity index (χ3n) is 7.08. The summed E-state index contributed by atoms with van der Waals surface area (Å²) in [5, 5.41) is 9.89. The van der Waals surface area contributed by atoms with Gasteiger partial charge in [-0.3, -0.25) is 14.4 Å². The van der Waals surface area contributed by atoms with Crippen molar-refractivity contribution in [1.82, 2.24) is 5.01 Å². The number of carbonyl (C=O) groups is 1. The minimum atomic E-state index is -4.46. The monoisotopic (exact) mass is 512 g/mol. The third-order valence-corrected chi connectivity index (χ3v) is 8.29. The first-order valence-electron chi connectivity index (χ1n) is 12.7. The molecule has 194 valence electrons. The molecule has 2 heterocycles. The summed E-state index contributed by atoms with van der Waals surface area (Å²) in [6.45, 7) is 9.05. The molecule has 0 saturated heterocycles. The lowest BCUT2D eigenvalue weighted by Crippen LogP contribution is -2.36. The predicted octanol–water partition coefficient (Wildman–Crippen LogP) is 5.53. The Kier molecular flexibility index (Phi) is 7.80. The second kappa shape index (κ2) is 10.7. The number of anilines is 1. The fourth-order valence-electron chi connectivity index (χ4n) is 5.20. The van der Waals surface area contributed by atoms with Gasteiger partial charge in [0, 0.05) is 36.8 Å². The van der Waals surface area contributed by atoms with Gasteiger partial charge >= 0.3 is 0 Å². The second-order valence-corrected chi connectivity index (χ2v) is 12.0. The summed E-state index contributed by atoms with van der Waals surface area (Å²) >= 11 is 0. The summed E-state index contributed by atoms with van der Waals surface area (Å²) < 4.78 is 33.8. The lowest BCUT2D eigenvalue weighted by Gasteiger charge is -2.37. The Morgan fingerprint density at radius 1 is 1.03 bits per heavy atom. The van der Waals surface area contributed by atoms with Gasteiger partial charge in [-0.05, 0) is 49.8 Å². The molecule has 1 N–H and O–H groups in total. The van der Waals surface area contributed by atoms with Crippen LogP contribution in [0.3, 0.4) is 0 Å². The zero-order valence-electron chi connectivity index (χ0n) is 21.4. The quantitative estimate of drug-likeness (QED) is 0.443. The van der Waals surface area contributed by atoms with Crippen LogP contribution in [0.2, 0.25) is 0 Å². The van der Waals surface area contributed by atoms with Gasteiger partial charge in [0.05, 0.1) is 0 Å². The molecule has 0 aromatic heterocycles. The van der Waals surface area contributed by atoms with E-state index in [1.165, 1.54) is 0 Å². The summed E-state index contributed by atoms with van der Waals surface area (Å²) in [6.07, 6.45) is 0.702. The van der Waals surface area contributed by atoms with Crippen LogP contribution < -0.4 is 4.90 Å². The molecule has 0 radical (unpaired) electrons.